The Morgan fingerprint density at radius 3 is 2.57 bits per heavy atom. The summed E-state index contributed by atoms with van der Waals surface area (Å²) in [7, 11) is 1.40. The summed E-state index contributed by atoms with van der Waals surface area (Å²) in [5, 5.41) is 0. The van der Waals surface area contributed by atoms with E-state index in [1.54, 1.807) is 0 Å². The van der Waals surface area contributed by atoms with Gasteiger partial charge in [0.2, 0.25) is 0 Å². The lowest BCUT2D eigenvalue weighted by Gasteiger charge is -2.02. The highest BCUT2D eigenvalue weighted by molar-refractivity contribution is 5.75. The SMILES string of the molecule is COC(=O)[C@H](C)/C=C/c1ccccc1. The largest absolute Gasteiger partial charge is 0.469 e. The van der Waals surface area contributed by atoms with Crippen LogP contribution in [0.5, 0.6) is 0 Å². The van der Waals surface area contributed by atoms with Crippen molar-refractivity contribution in [3.8, 4) is 0 Å². The van der Waals surface area contributed by atoms with Crippen molar-refractivity contribution in [2.45, 2.75) is 6.92 Å². The van der Waals surface area contributed by atoms with Crippen molar-refractivity contribution >= 4 is 12.0 Å². The van der Waals surface area contributed by atoms with Crippen molar-refractivity contribution in [3.05, 3.63) is 42.0 Å². The van der Waals surface area contributed by atoms with Gasteiger partial charge in [0, 0.05) is 0 Å². The van der Waals surface area contributed by atoms with E-state index >= 15 is 0 Å². The molecule has 0 aromatic heterocycles. The second-order valence-electron chi connectivity index (χ2n) is 3.08. The van der Waals surface area contributed by atoms with Crippen molar-refractivity contribution < 1.29 is 9.53 Å². The standard InChI is InChI=1S/C12H14O2/c1-10(12(13)14-2)8-9-11-6-4-3-5-7-11/h3-10H,1-2H3/b9-8+/t10-/m1/s1. The van der Waals surface area contributed by atoms with Gasteiger partial charge >= 0.3 is 5.97 Å². The van der Waals surface area contributed by atoms with Crippen molar-refractivity contribution in [3.63, 3.8) is 0 Å². The van der Waals surface area contributed by atoms with Crippen molar-refractivity contribution in [1.82, 2.24) is 0 Å². The number of hydrogen-bond donors (Lipinski definition) is 0. The van der Waals surface area contributed by atoms with E-state index in [9.17, 15) is 4.79 Å². The van der Waals surface area contributed by atoms with Crippen molar-refractivity contribution in [2.24, 2.45) is 5.92 Å². The molecule has 0 saturated carbocycles. The monoisotopic (exact) mass is 190 g/mol. The zero-order chi connectivity index (χ0) is 10.4. The van der Waals surface area contributed by atoms with Gasteiger partial charge in [0.25, 0.3) is 0 Å². The molecule has 2 nitrogen and oxygen atoms in total. The smallest absolute Gasteiger partial charge is 0.312 e. The van der Waals surface area contributed by atoms with Crippen LogP contribution >= 0.6 is 0 Å². The predicted octanol–water partition coefficient (Wildman–Crippen LogP) is 2.51. The number of esters is 1. The zero-order valence-electron chi connectivity index (χ0n) is 8.44. The third-order valence-corrected chi connectivity index (χ3v) is 1.95. The number of rotatable bonds is 3. The molecule has 1 aromatic rings. The van der Waals surface area contributed by atoms with Gasteiger partial charge in [-0.1, -0.05) is 42.5 Å². The lowest BCUT2D eigenvalue weighted by molar-refractivity contribution is -0.143. The summed E-state index contributed by atoms with van der Waals surface area (Å²) >= 11 is 0. The maximum absolute atomic E-state index is 11.1. The Kier molecular flexibility index (Phi) is 3.92. The Morgan fingerprint density at radius 1 is 1.36 bits per heavy atom. The molecular weight excluding hydrogens is 176 g/mol. The number of benzene rings is 1. The van der Waals surface area contributed by atoms with Crippen LogP contribution in [-0.2, 0) is 9.53 Å². The van der Waals surface area contributed by atoms with Crippen LogP contribution in [0.15, 0.2) is 36.4 Å². The van der Waals surface area contributed by atoms with Gasteiger partial charge in [0.05, 0.1) is 13.0 Å². The Morgan fingerprint density at radius 2 is 2.00 bits per heavy atom. The van der Waals surface area contributed by atoms with Gasteiger partial charge in [0.15, 0.2) is 0 Å². The summed E-state index contributed by atoms with van der Waals surface area (Å²) in [5.74, 6) is -0.405. The highest BCUT2D eigenvalue weighted by Crippen LogP contribution is 2.06. The van der Waals surface area contributed by atoms with Crippen molar-refractivity contribution in [2.75, 3.05) is 7.11 Å². The number of ether oxygens (including phenoxy) is 1. The molecule has 0 amide bonds. The Hall–Kier alpha value is -1.57. The molecule has 0 bridgehead atoms. The van der Waals surface area contributed by atoms with Gasteiger partial charge in [0.1, 0.15) is 0 Å². The minimum Gasteiger partial charge on any atom is -0.469 e. The molecule has 0 radical (unpaired) electrons. The second-order valence-corrected chi connectivity index (χ2v) is 3.08. The average Bonchev–Trinajstić information content (AvgIpc) is 2.26. The van der Waals surface area contributed by atoms with Gasteiger partial charge in [-0.2, -0.15) is 0 Å². The first kappa shape index (κ1) is 10.5. The first-order chi connectivity index (χ1) is 6.74. The van der Waals surface area contributed by atoms with Crippen LogP contribution in [0.2, 0.25) is 0 Å². The van der Waals surface area contributed by atoms with Crippen molar-refractivity contribution in [1.29, 1.82) is 0 Å². The van der Waals surface area contributed by atoms with E-state index in [1.807, 2.05) is 49.4 Å². The molecule has 0 aliphatic heterocycles. The van der Waals surface area contributed by atoms with E-state index in [1.165, 1.54) is 7.11 Å². The number of methoxy groups -OCH3 is 1. The molecule has 0 fully saturated rings. The molecule has 1 aromatic carbocycles. The predicted molar refractivity (Wildman–Crippen MR) is 56.7 cm³/mol. The lowest BCUT2D eigenvalue weighted by atomic mass is 10.1. The first-order valence-electron chi connectivity index (χ1n) is 4.55. The lowest BCUT2D eigenvalue weighted by Crippen LogP contribution is -2.09. The molecular formula is C12H14O2. The van der Waals surface area contributed by atoms with E-state index in [2.05, 4.69) is 4.74 Å². The summed E-state index contributed by atoms with van der Waals surface area (Å²) in [6.45, 7) is 1.81. The molecule has 1 atom stereocenters. The molecule has 0 N–H and O–H groups in total. The molecule has 0 saturated heterocycles. The number of carbonyl (C=O) groups is 1. The quantitative estimate of drug-likeness (QED) is 0.684. The van der Waals surface area contributed by atoms with Gasteiger partial charge in [-0.25, -0.2) is 0 Å². The molecule has 0 aliphatic rings. The fourth-order valence-electron chi connectivity index (χ4n) is 1.08. The van der Waals surface area contributed by atoms with Gasteiger partial charge in [-0.05, 0) is 12.5 Å². The average molecular weight is 190 g/mol. The molecule has 0 aliphatic carbocycles. The van der Waals surface area contributed by atoms with E-state index in [4.69, 9.17) is 0 Å². The third-order valence-electron chi connectivity index (χ3n) is 1.95. The summed E-state index contributed by atoms with van der Waals surface area (Å²) < 4.78 is 4.61. The van der Waals surface area contributed by atoms with Crippen LogP contribution in [-0.4, -0.2) is 13.1 Å². The van der Waals surface area contributed by atoms with E-state index in [0.29, 0.717) is 0 Å². The van der Waals surface area contributed by atoms with Crippen LogP contribution in [0, 0.1) is 5.92 Å². The minimum atomic E-state index is -0.211. The Balaban J connectivity index is 2.60. The molecule has 0 heterocycles. The second kappa shape index (κ2) is 5.22. The number of hydrogen-bond acceptors (Lipinski definition) is 2. The minimum absolute atomic E-state index is 0.194. The maximum atomic E-state index is 11.1. The van der Waals surface area contributed by atoms with Gasteiger partial charge in [-0.15, -0.1) is 0 Å². The van der Waals surface area contributed by atoms with Crippen LogP contribution < -0.4 is 0 Å². The molecule has 0 unspecified atom stereocenters. The highest BCUT2D eigenvalue weighted by atomic mass is 16.5. The van der Waals surface area contributed by atoms with Crippen LogP contribution in [0.1, 0.15) is 12.5 Å². The molecule has 0 spiro atoms. The summed E-state index contributed by atoms with van der Waals surface area (Å²) in [6, 6.07) is 9.85. The van der Waals surface area contributed by atoms with Gasteiger partial charge in [-0.3, -0.25) is 4.79 Å². The van der Waals surface area contributed by atoms with Crippen LogP contribution in [0.25, 0.3) is 6.08 Å². The maximum Gasteiger partial charge on any atom is 0.312 e. The third kappa shape index (κ3) is 3.05. The fourth-order valence-corrected chi connectivity index (χ4v) is 1.08. The van der Waals surface area contributed by atoms with Crippen LogP contribution in [0.3, 0.4) is 0 Å². The number of carbonyl (C=O) groups excluding carboxylic acids is 1. The van der Waals surface area contributed by atoms with Gasteiger partial charge < -0.3 is 4.74 Å². The first-order valence-corrected chi connectivity index (χ1v) is 4.55. The van der Waals surface area contributed by atoms with Crippen LogP contribution in [0.4, 0.5) is 0 Å². The Bertz CT molecular complexity index is 314. The van der Waals surface area contributed by atoms with E-state index in [0.717, 1.165) is 5.56 Å². The zero-order valence-corrected chi connectivity index (χ0v) is 8.44. The summed E-state index contributed by atoms with van der Waals surface area (Å²) in [4.78, 5) is 11.1. The normalized spacial score (nSPS) is 12.7. The Labute approximate surface area is 84.2 Å². The highest BCUT2D eigenvalue weighted by Gasteiger charge is 2.07. The molecule has 2 heteroatoms. The summed E-state index contributed by atoms with van der Waals surface area (Å²) in [6.07, 6.45) is 3.75. The van der Waals surface area contributed by atoms with E-state index < -0.39 is 0 Å². The fraction of sp³-hybridized carbons (Fsp3) is 0.250. The summed E-state index contributed by atoms with van der Waals surface area (Å²) in [5.41, 5.74) is 1.09. The molecule has 14 heavy (non-hydrogen) atoms. The molecule has 1 rings (SSSR count). The van der Waals surface area contributed by atoms with E-state index in [-0.39, 0.29) is 11.9 Å². The molecule has 74 valence electrons. The topological polar surface area (TPSA) is 26.3 Å².